The molecular weight excluding hydrogens is 483 g/mol. The molecule has 1 saturated carbocycles. The average Bonchev–Trinajstić information content (AvgIpc) is 3.33. The Hall–Kier alpha value is -2.99. The third kappa shape index (κ3) is 7.07. The third-order valence-corrected chi connectivity index (χ3v) is 8.46. The first-order chi connectivity index (χ1) is 18.0. The molecular formula is C31H37FN2O2S. The molecule has 2 amide bonds. The normalized spacial score (nSPS) is 14.8. The standard InChI is InChI=1S/C31H37FN2O2S/c1-3-28(25-10-6-4-7-11-25)31(36)34(27-12-8-5-9-13-27)22-30(35)33(21-29-23(2)18-19-37-29)20-24-14-16-26(32)17-15-24/h4,6-7,10-11,14-19,27-28H,3,5,8-9,12-13,20-22H2,1-2H3. The van der Waals surface area contributed by atoms with E-state index in [9.17, 15) is 14.0 Å². The number of carbonyl (C=O) groups is 2. The summed E-state index contributed by atoms with van der Waals surface area (Å²) in [4.78, 5) is 32.8. The Kier molecular flexibility index (Phi) is 9.51. The van der Waals surface area contributed by atoms with Gasteiger partial charge in [0.2, 0.25) is 11.8 Å². The van der Waals surface area contributed by atoms with E-state index in [1.807, 2.05) is 52.4 Å². The molecule has 0 N–H and O–H groups in total. The van der Waals surface area contributed by atoms with Crippen LogP contribution in [0.25, 0.3) is 0 Å². The van der Waals surface area contributed by atoms with Gasteiger partial charge >= 0.3 is 0 Å². The number of benzene rings is 2. The summed E-state index contributed by atoms with van der Waals surface area (Å²) in [5.41, 5.74) is 3.02. The molecule has 1 aliphatic carbocycles. The lowest BCUT2D eigenvalue weighted by atomic mass is 9.90. The Labute approximate surface area is 224 Å². The van der Waals surface area contributed by atoms with Crippen LogP contribution in [0.5, 0.6) is 0 Å². The van der Waals surface area contributed by atoms with E-state index in [1.54, 1.807) is 23.5 Å². The Morgan fingerprint density at radius 3 is 2.30 bits per heavy atom. The van der Waals surface area contributed by atoms with E-state index in [1.165, 1.54) is 18.6 Å². The molecule has 0 radical (unpaired) electrons. The summed E-state index contributed by atoms with van der Waals surface area (Å²) in [6.07, 6.45) is 5.90. The van der Waals surface area contributed by atoms with Gasteiger partial charge in [-0.15, -0.1) is 11.3 Å². The molecule has 0 aliphatic heterocycles. The highest BCUT2D eigenvalue weighted by Crippen LogP contribution is 2.29. The van der Waals surface area contributed by atoms with Crippen LogP contribution in [0.2, 0.25) is 0 Å². The van der Waals surface area contributed by atoms with Gasteiger partial charge in [0, 0.05) is 17.5 Å². The quantitative estimate of drug-likeness (QED) is 0.287. The largest absolute Gasteiger partial charge is 0.332 e. The SMILES string of the molecule is CCC(C(=O)N(CC(=O)N(Cc1ccc(F)cc1)Cc1sccc1C)C1CCCCC1)c1ccccc1. The summed E-state index contributed by atoms with van der Waals surface area (Å²) in [7, 11) is 0. The van der Waals surface area contributed by atoms with Crippen molar-refractivity contribution in [1.29, 1.82) is 0 Å². The van der Waals surface area contributed by atoms with Crippen molar-refractivity contribution in [1.82, 2.24) is 9.80 Å². The van der Waals surface area contributed by atoms with Gasteiger partial charge in [-0.2, -0.15) is 0 Å². The highest BCUT2D eigenvalue weighted by atomic mass is 32.1. The number of amides is 2. The molecule has 0 bridgehead atoms. The van der Waals surface area contributed by atoms with Crippen LogP contribution < -0.4 is 0 Å². The molecule has 37 heavy (non-hydrogen) atoms. The lowest BCUT2D eigenvalue weighted by Gasteiger charge is -2.37. The van der Waals surface area contributed by atoms with E-state index < -0.39 is 0 Å². The molecule has 4 nitrogen and oxygen atoms in total. The molecule has 1 fully saturated rings. The van der Waals surface area contributed by atoms with Crippen LogP contribution in [0.15, 0.2) is 66.0 Å². The first kappa shape index (κ1) is 27.1. The minimum absolute atomic E-state index is 0.0444. The highest BCUT2D eigenvalue weighted by molar-refractivity contribution is 7.10. The van der Waals surface area contributed by atoms with E-state index in [0.717, 1.165) is 47.3 Å². The van der Waals surface area contributed by atoms with Crippen molar-refractivity contribution in [3.05, 3.63) is 93.4 Å². The number of aryl methyl sites for hydroxylation is 1. The van der Waals surface area contributed by atoms with Gasteiger partial charge in [0.1, 0.15) is 12.4 Å². The molecule has 196 valence electrons. The van der Waals surface area contributed by atoms with E-state index in [2.05, 4.69) is 13.0 Å². The van der Waals surface area contributed by atoms with E-state index >= 15 is 0 Å². The number of thiophene rings is 1. The predicted octanol–water partition coefficient (Wildman–Crippen LogP) is 7.08. The van der Waals surface area contributed by atoms with Crippen molar-refractivity contribution in [2.45, 2.75) is 77.4 Å². The maximum atomic E-state index is 14.0. The number of hydrogen-bond donors (Lipinski definition) is 0. The summed E-state index contributed by atoms with van der Waals surface area (Å²) >= 11 is 1.63. The van der Waals surface area contributed by atoms with Crippen LogP contribution in [0.4, 0.5) is 4.39 Å². The lowest BCUT2D eigenvalue weighted by molar-refractivity contribution is -0.144. The van der Waals surface area contributed by atoms with Crippen molar-refractivity contribution in [3.63, 3.8) is 0 Å². The van der Waals surface area contributed by atoms with E-state index in [0.29, 0.717) is 19.5 Å². The molecule has 0 saturated heterocycles. The molecule has 3 aromatic rings. The first-order valence-corrected chi connectivity index (χ1v) is 14.2. The molecule has 2 aromatic carbocycles. The Morgan fingerprint density at radius 1 is 0.973 bits per heavy atom. The second-order valence-corrected chi connectivity index (χ2v) is 11.0. The zero-order valence-electron chi connectivity index (χ0n) is 21.9. The minimum atomic E-state index is -0.295. The van der Waals surface area contributed by atoms with Crippen LogP contribution in [-0.2, 0) is 22.7 Å². The second-order valence-electron chi connectivity index (χ2n) is 10.0. The average molecular weight is 521 g/mol. The lowest BCUT2D eigenvalue weighted by Crippen LogP contribution is -2.49. The number of rotatable bonds is 10. The molecule has 1 atom stereocenters. The molecule has 1 aliphatic rings. The van der Waals surface area contributed by atoms with Crippen LogP contribution >= 0.6 is 11.3 Å². The van der Waals surface area contributed by atoms with Crippen LogP contribution in [0, 0.1) is 12.7 Å². The van der Waals surface area contributed by atoms with Crippen molar-refractivity contribution >= 4 is 23.2 Å². The van der Waals surface area contributed by atoms with Gasteiger partial charge in [-0.25, -0.2) is 4.39 Å². The molecule has 6 heteroatoms. The fraction of sp³-hybridized carbons (Fsp3) is 0.419. The summed E-state index contributed by atoms with van der Waals surface area (Å²) < 4.78 is 13.5. The van der Waals surface area contributed by atoms with Crippen LogP contribution in [0.3, 0.4) is 0 Å². The van der Waals surface area contributed by atoms with Gasteiger partial charge in [-0.05, 0) is 66.5 Å². The van der Waals surface area contributed by atoms with Crippen molar-refractivity contribution in [3.8, 4) is 0 Å². The zero-order valence-corrected chi connectivity index (χ0v) is 22.7. The molecule has 1 aromatic heterocycles. The number of hydrogen-bond acceptors (Lipinski definition) is 3. The molecule has 1 heterocycles. The number of carbonyl (C=O) groups excluding carboxylic acids is 2. The smallest absolute Gasteiger partial charge is 0.242 e. The van der Waals surface area contributed by atoms with Gasteiger partial charge < -0.3 is 9.80 Å². The summed E-state index contributed by atoms with van der Waals surface area (Å²) in [5, 5.41) is 2.04. The summed E-state index contributed by atoms with van der Waals surface area (Å²) in [6, 6.07) is 18.4. The Morgan fingerprint density at radius 2 is 1.68 bits per heavy atom. The fourth-order valence-electron chi connectivity index (χ4n) is 5.25. The number of nitrogens with zero attached hydrogens (tertiary/aromatic N) is 2. The highest BCUT2D eigenvalue weighted by Gasteiger charge is 2.33. The van der Waals surface area contributed by atoms with Crippen molar-refractivity contribution < 1.29 is 14.0 Å². The summed E-state index contributed by atoms with van der Waals surface area (Å²) in [6.45, 7) is 5.01. The summed E-state index contributed by atoms with van der Waals surface area (Å²) in [5.74, 6) is -0.584. The van der Waals surface area contributed by atoms with Gasteiger partial charge in [0.15, 0.2) is 0 Å². The topological polar surface area (TPSA) is 40.6 Å². The van der Waals surface area contributed by atoms with Gasteiger partial charge in [-0.3, -0.25) is 9.59 Å². The van der Waals surface area contributed by atoms with E-state index in [-0.39, 0.29) is 36.1 Å². The fourth-order valence-corrected chi connectivity index (χ4v) is 6.17. The second kappa shape index (κ2) is 13.0. The first-order valence-electron chi connectivity index (χ1n) is 13.4. The number of halogens is 1. The molecule has 0 spiro atoms. The Balaban J connectivity index is 1.60. The van der Waals surface area contributed by atoms with Gasteiger partial charge in [0.05, 0.1) is 12.5 Å². The zero-order chi connectivity index (χ0) is 26.2. The molecule has 1 unspecified atom stereocenters. The van der Waals surface area contributed by atoms with Gasteiger partial charge in [0.25, 0.3) is 0 Å². The predicted molar refractivity (Wildman–Crippen MR) is 148 cm³/mol. The third-order valence-electron chi connectivity index (χ3n) is 7.45. The maximum Gasteiger partial charge on any atom is 0.242 e. The van der Waals surface area contributed by atoms with Crippen LogP contribution in [-0.4, -0.2) is 34.2 Å². The Bertz CT molecular complexity index is 1160. The minimum Gasteiger partial charge on any atom is -0.332 e. The van der Waals surface area contributed by atoms with E-state index in [4.69, 9.17) is 0 Å². The maximum absolute atomic E-state index is 14.0. The molecule has 4 rings (SSSR count). The van der Waals surface area contributed by atoms with Crippen molar-refractivity contribution in [2.24, 2.45) is 0 Å². The van der Waals surface area contributed by atoms with Crippen LogP contribution in [0.1, 0.15) is 72.9 Å². The monoisotopic (exact) mass is 520 g/mol. The van der Waals surface area contributed by atoms with Gasteiger partial charge in [-0.1, -0.05) is 68.7 Å². The van der Waals surface area contributed by atoms with Crippen molar-refractivity contribution in [2.75, 3.05) is 6.54 Å².